The summed E-state index contributed by atoms with van der Waals surface area (Å²) in [5, 5.41) is 0. The molecule has 1 saturated carbocycles. The summed E-state index contributed by atoms with van der Waals surface area (Å²) in [4.78, 5) is 2.78. The van der Waals surface area contributed by atoms with Gasteiger partial charge in [-0.1, -0.05) is 41.0 Å². The van der Waals surface area contributed by atoms with Gasteiger partial charge in [-0.05, 0) is 61.8 Å². The van der Waals surface area contributed by atoms with Crippen LogP contribution in [0.2, 0.25) is 0 Å². The lowest BCUT2D eigenvalue weighted by Crippen LogP contribution is -2.58. The van der Waals surface area contributed by atoms with Crippen molar-refractivity contribution in [1.29, 1.82) is 0 Å². The molecular formula is C19H38N2. The second kappa shape index (κ2) is 6.20. The van der Waals surface area contributed by atoms with Gasteiger partial charge in [0, 0.05) is 18.6 Å². The van der Waals surface area contributed by atoms with Crippen LogP contribution in [-0.4, -0.2) is 30.1 Å². The Hall–Kier alpha value is -0.0800. The topological polar surface area (TPSA) is 29.3 Å². The van der Waals surface area contributed by atoms with Gasteiger partial charge in [0.15, 0.2) is 0 Å². The largest absolute Gasteiger partial charge is 0.329 e. The van der Waals surface area contributed by atoms with Crippen LogP contribution in [0.15, 0.2) is 0 Å². The molecular weight excluding hydrogens is 256 g/mol. The predicted octanol–water partition coefficient (Wildman–Crippen LogP) is 4.43. The number of likely N-dealkylation sites (tertiary alicyclic amines) is 1. The summed E-state index contributed by atoms with van der Waals surface area (Å²) < 4.78 is 0. The van der Waals surface area contributed by atoms with E-state index in [9.17, 15) is 0 Å². The van der Waals surface area contributed by atoms with E-state index in [1.54, 1.807) is 0 Å². The van der Waals surface area contributed by atoms with E-state index in [1.165, 1.54) is 58.0 Å². The van der Waals surface area contributed by atoms with Crippen molar-refractivity contribution in [3.8, 4) is 0 Å². The normalized spacial score (nSPS) is 35.4. The monoisotopic (exact) mass is 294 g/mol. The SMILES string of the molecule is CC1(C)CCCN(C2(CN)CCCC(C(C)(C)C)CC2)C1. The van der Waals surface area contributed by atoms with E-state index < -0.39 is 0 Å². The number of piperidine rings is 1. The third kappa shape index (κ3) is 4.01. The third-order valence-electron chi connectivity index (χ3n) is 6.33. The highest BCUT2D eigenvalue weighted by molar-refractivity contribution is 4.98. The van der Waals surface area contributed by atoms with E-state index >= 15 is 0 Å². The Bertz CT molecular complexity index is 342. The van der Waals surface area contributed by atoms with Crippen molar-refractivity contribution in [1.82, 2.24) is 4.90 Å². The summed E-state index contributed by atoms with van der Waals surface area (Å²) in [6, 6.07) is 0. The highest BCUT2D eigenvalue weighted by Gasteiger charge is 2.42. The molecule has 0 aromatic heterocycles. The van der Waals surface area contributed by atoms with E-state index in [2.05, 4.69) is 39.5 Å². The molecule has 2 heteroatoms. The fourth-order valence-corrected chi connectivity index (χ4v) is 4.73. The molecule has 2 unspecified atom stereocenters. The maximum atomic E-state index is 6.34. The van der Waals surface area contributed by atoms with Gasteiger partial charge >= 0.3 is 0 Å². The minimum Gasteiger partial charge on any atom is -0.329 e. The Balaban J connectivity index is 2.11. The first-order chi connectivity index (χ1) is 9.69. The molecule has 21 heavy (non-hydrogen) atoms. The van der Waals surface area contributed by atoms with Crippen LogP contribution in [0, 0.1) is 16.7 Å². The van der Waals surface area contributed by atoms with Crippen LogP contribution in [0.5, 0.6) is 0 Å². The molecule has 0 spiro atoms. The molecule has 0 amide bonds. The van der Waals surface area contributed by atoms with Crippen molar-refractivity contribution in [3.63, 3.8) is 0 Å². The maximum Gasteiger partial charge on any atom is 0.0332 e. The van der Waals surface area contributed by atoms with Crippen molar-refractivity contribution in [2.75, 3.05) is 19.6 Å². The number of nitrogens with two attached hydrogens (primary N) is 1. The van der Waals surface area contributed by atoms with Gasteiger partial charge in [0.25, 0.3) is 0 Å². The third-order valence-corrected chi connectivity index (χ3v) is 6.33. The van der Waals surface area contributed by atoms with Crippen LogP contribution in [-0.2, 0) is 0 Å². The smallest absolute Gasteiger partial charge is 0.0332 e. The van der Waals surface area contributed by atoms with Gasteiger partial charge in [0.1, 0.15) is 0 Å². The summed E-state index contributed by atoms with van der Waals surface area (Å²) in [5.41, 5.74) is 7.55. The van der Waals surface area contributed by atoms with Crippen molar-refractivity contribution in [2.45, 2.75) is 85.1 Å². The molecule has 2 atom stereocenters. The second-order valence-corrected chi connectivity index (χ2v) is 9.61. The molecule has 2 N–H and O–H groups in total. The van der Waals surface area contributed by atoms with E-state index in [4.69, 9.17) is 5.73 Å². The minimum atomic E-state index is 0.289. The minimum absolute atomic E-state index is 0.289. The fourth-order valence-electron chi connectivity index (χ4n) is 4.73. The number of rotatable bonds is 2. The highest BCUT2D eigenvalue weighted by atomic mass is 15.2. The zero-order valence-corrected chi connectivity index (χ0v) is 15.2. The van der Waals surface area contributed by atoms with Gasteiger partial charge in [0.05, 0.1) is 0 Å². The van der Waals surface area contributed by atoms with Gasteiger partial charge in [-0.15, -0.1) is 0 Å². The van der Waals surface area contributed by atoms with Crippen LogP contribution < -0.4 is 5.73 Å². The lowest BCUT2D eigenvalue weighted by molar-refractivity contribution is 0.00754. The Morgan fingerprint density at radius 1 is 1.05 bits per heavy atom. The maximum absolute atomic E-state index is 6.34. The van der Waals surface area contributed by atoms with Crippen molar-refractivity contribution < 1.29 is 0 Å². The Morgan fingerprint density at radius 2 is 1.76 bits per heavy atom. The lowest BCUT2D eigenvalue weighted by atomic mass is 9.75. The first kappa shape index (κ1) is 17.3. The van der Waals surface area contributed by atoms with Crippen LogP contribution in [0.3, 0.4) is 0 Å². The molecule has 124 valence electrons. The molecule has 2 aliphatic rings. The predicted molar refractivity (Wildman–Crippen MR) is 92.4 cm³/mol. The highest BCUT2D eigenvalue weighted by Crippen LogP contribution is 2.43. The van der Waals surface area contributed by atoms with E-state index in [1.807, 2.05) is 0 Å². The van der Waals surface area contributed by atoms with Crippen molar-refractivity contribution in [3.05, 3.63) is 0 Å². The molecule has 1 aliphatic carbocycles. The molecule has 2 rings (SSSR count). The first-order valence-corrected chi connectivity index (χ1v) is 9.14. The van der Waals surface area contributed by atoms with E-state index in [0.717, 1.165) is 12.5 Å². The fraction of sp³-hybridized carbons (Fsp3) is 1.00. The summed E-state index contributed by atoms with van der Waals surface area (Å²) in [7, 11) is 0. The quantitative estimate of drug-likeness (QED) is 0.763. The first-order valence-electron chi connectivity index (χ1n) is 9.14. The van der Waals surface area contributed by atoms with Crippen LogP contribution >= 0.6 is 0 Å². The molecule has 1 saturated heterocycles. The zero-order valence-electron chi connectivity index (χ0n) is 15.2. The van der Waals surface area contributed by atoms with Crippen LogP contribution in [0.25, 0.3) is 0 Å². The average Bonchev–Trinajstić information content (AvgIpc) is 2.60. The Morgan fingerprint density at radius 3 is 2.33 bits per heavy atom. The standard InChI is InChI=1S/C19H38N2/c1-17(2,3)16-8-6-11-19(14-20,12-9-16)21-13-7-10-18(4,5)15-21/h16H,6-15,20H2,1-5H3. The lowest BCUT2D eigenvalue weighted by Gasteiger charge is -2.50. The number of hydrogen-bond acceptors (Lipinski definition) is 2. The Labute approximate surface area is 132 Å². The van der Waals surface area contributed by atoms with Crippen LogP contribution in [0.1, 0.15) is 79.6 Å². The second-order valence-electron chi connectivity index (χ2n) is 9.61. The summed E-state index contributed by atoms with van der Waals surface area (Å²) in [5.74, 6) is 0.865. The van der Waals surface area contributed by atoms with Crippen molar-refractivity contribution in [2.24, 2.45) is 22.5 Å². The van der Waals surface area contributed by atoms with Gasteiger partial charge in [-0.3, -0.25) is 4.90 Å². The average molecular weight is 295 g/mol. The molecule has 2 nitrogen and oxygen atoms in total. The van der Waals surface area contributed by atoms with Gasteiger partial charge < -0.3 is 5.73 Å². The van der Waals surface area contributed by atoms with Crippen LogP contribution in [0.4, 0.5) is 0 Å². The number of hydrogen-bond donors (Lipinski definition) is 1. The van der Waals surface area contributed by atoms with Gasteiger partial charge in [0.2, 0.25) is 0 Å². The molecule has 0 aromatic rings. The Kier molecular flexibility index (Phi) is 5.10. The van der Waals surface area contributed by atoms with E-state index in [0.29, 0.717) is 10.8 Å². The summed E-state index contributed by atoms with van der Waals surface area (Å²) in [6.07, 6.45) is 9.44. The summed E-state index contributed by atoms with van der Waals surface area (Å²) >= 11 is 0. The summed E-state index contributed by atoms with van der Waals surface area (Å²) in [6.45, 7) is 15.5. The molecule has 0 bridgehead atoms. The zero-order chi connectivity index (χ0) is 15.7. The molecule has 1 heterocycles. The molecule has 0 aromatic carbocycles. The van der Waals surface area contributed by atoms with Gasteiger partial charge in [-0.2, -0.15) is 0 Å². The molecule has 2 fully saturated rings. The van der Waals surface area contributed by atoms with Gasteiger partial charge in [-0.25, -0.2) is 0 Å². The van der Waals surface area contributed by atoms with Crippen molar-refractivity contribution >= 4 is 0 Å². The van der Waals surface area contributed by atoms with E-state index in [-0.39, 0.29) is 5.54 Å². The molecule has 1 aliphatic heterocycles. The molecule has 0 radical (unpaired) electrons. The number of nitrogens with zero attached hydrogens (tertiary/aromatic N) is 1.